The maximum Gasteiger partial charge on any atom is 0.344 e. The molecule has 0 amide bonds. The Morgan fingerprint density at radius 3 is 1.95 bits per heavy atom. The van der Waals surface area contributed by atoms with Crippen molar-refractivity contribution < 1.29 is 31.5 Å². The number of ether oxygens (including phenoxy) is 1. The summed E-state index contributed by atoms with van der Waals surface area (Å²) < 4.78 is 69.5. The third-order valence-corrected chi connectivity index (χ3v) is 2.22. The zero-order valence-corrected chi connectivity index (χ0v) is 9.78. The quantitative estimate of drug-likeness (QED) is 0.277. The second-order valence-electron chi connectivity index (χ2n) is 3.69. The number of halogens is 5. The van der Waals surface area contributed by atoms with E-state index in [1.54, 1.807) is 0 Å². The van der Waals surface area contributed by atoms with Crippen molar-refractivity contribution in [3.8, 4) is 0 Å². The van der Waals surface area contributed by atoms with Crippen molar-refractivity contribution in [3.63, 3.8) is 0 Å². The zero-order valence-electron chi connectivity index (χ0n) is 9.78. The van der Waals surface area contributed by atoms with Crippen LogP contribution in [-0.2, 0) is 4.74 Å². The van der Waals surface area contributed by atoms with Gasteiger partial charge in [-0.05, 0) is 6.92 Å². The lowest BCUT2D eigenvalue weighted by Crippen LogP contribution is -2.19. The molecular weight excluding hydrogens is 271 g/mol. The topological polar surface area (TPSA) is 26.3 Å². The van der Waals surface area contributed by atoms with Crippen LogP contribution in [0.25, 0.3) is 0 Å². The third kappa shape index (κ3) is 2.91. The van der Waals surface area contributed by atoms with Gasteiger partial charge in [-0.1, -0.05) is 6.08 Å². The Hall–Kier alpha value is -1.92. The highest BCUT2D eigenvalue weighted by Gasteiger charge is 2.31. The van der Waals surface area contributed by atoms with Crippen molar-refractivity contribution in [2.24, 2.45) is 0 Å². The molecule has 0 saturated heterocycles. The molecule has 1 rings (SSSR count). The molecule has 0 fully saturated rings. The Balaban J connectivity index is 3.20. The second kappa shape index (κ2) is 5.81. The second-order valence-corrected chi connectivity index (χ2v) is 3.69. The molecule has 0 aromatic heterocycles. The van der Waals surface area contributed by atoms with Crippen LogP contribution in [-0.4, -0.2) is 12.1 Å². The van der Waals surface area contributed by atoms with Gasteiger partial charge in [0, 0.05) is 6.42 Å². The highest BCUT2D eigenvalue weighted by molar-refractivity contribution is 5.90. The number of hydrogen-bond acceptors (Lipinski definition) is 2. The number of esters is 1. The van der Waals surface area contributed by atoms with Gasteiger partial charge in [0.25, 0.3) is 0 Å². The lowest BCUT2D eigenvalue weighted by Gasteiger charge is -2.12. The molecule has 7 heteroatoms. The molecule has 1 aromatic rings. The Kier molecular flexibility index (Phi) is 4.63. The molecule has 0 aliphatic heterocycles. The minimum absolute atomic E-state index is 0.168. The minimum atomic E-state index is -2.33. The summed E-state index contributed by atoms with van der Waals surface area (Å²) in [6.45, 7) is 4.73. The summed E-state index contributed by atoms with van der Waals surface area (Å²) in [7, 11) is 0. The Labute approximate surface area is 105 Å². The lowest BCUT2D eigenvalue weighted by atomic mass is 10.1. The fraction of sp³-hybridized carbons (Fsp3) is 0.250. The molecule has 19 heavy (non-hydrogen) atoms. The van der Waals surface area contributed by atoms with E-state index in [0.717, 1.165) is 0 Å². The van der Waals surface area contributed by atoms with Crippen molar-refractivity contribution in [3.05, 3.63) is 47.3 Å². The van der Waals surface area contributed by atoms with Gasteiger partial charge in [-0.3, -0.25) is 0 Å². The maximum atomic E-state index is 13.2. The maximum absolute atomic E-state index is 13.2. The van der Waals surface area contributed by atoms with E-state index in [9.17, 15) is 26.7 Å². The van der Waals surface area contributed by atoms with E-state index in [2.05, 4.69) is 11.3 Å². The van der Waals surface area contributed by atoms with Crippen LogP contribution in [0, 0.1) is 29.1 Å². The molecule has 0 aliphatic carbocycles. The van der Waals surface area contributed by atoms with Gasteiger partial charge in [-0.25, -0.2) is 26.7 Å². The zero-order chi connectivity index (χ0) is 14.7. The Morgan fingerprint density at radius 1 is 1.11 bits per heavy atom. The van der Waals surface area contributed by atoms with Crippen molar-refractivity contribution in [1.29, 1.82) is 0 Å². The normalized spacial score (nSPS) is 12.1. The van der Waals surface area contributed by atoms with Gasteiger partial charge < -0.3 is 4.74 Å². The molecule has 1 atom stereocenters. The Bertz CT molecular complexity index is 498. The van der Waals surface area contributed by atoms with E-state index in [-0.39, 0.29) is 6.42 Å². The van der Waals surface area contributed by atoms with Crippen LogP contribution >= 0.6 is 0 Å². The van der Waals surface area contributed by atoms with Crippen molar-refractivity contribution in [1.82, 2.24) is 0 Å². The first-order chi connectivity index (χ1) is 8.81. The number of rotatable bonds is 4. The summed E-state index contributed by atoms with van der Waals surface area (Å²) in [5, 5.41) is 0. The van der Waals surface area contributed by atoms with Crippen LogP contribution in [0.2, 0.25) is 0 Å². The molecule has 104 valence electrons. The highest BCUT2D eigenvalue weighted by Crippen LogP contribution is 2.24. The minimum Gasteiger partial charge on any atom is -0.459 e. The van der Waals surface area contributed by atoms with Crippen molar-refractivity contribution >= 4 is 5.97 Å². The van der Waals surface area contributed by atoms with Gasteiger partial charge in [0.2, 0.25) is 5.82 Å². The number of carbonyl (C=O) groups excluding carboxylic acids is 1. The molecule has 0 radical (unpaired) electrons. The average Bonchev–Trinajstić information content (AvgIpc) is 2.34. The first-order valence-corrected chi connectivity index (χ1v) is 5.14. The summed E-state index contributed by atoms with van der Waals surface area (Å²) in [4.78, 5) is 11.4. The largest absolute Gasteiger partial charge is 0.459 e. The number of hydrogen-bond donors (Lipinski definition) is 0. The van der Waals surface area contributed by atoms with Gasteiger partial charge >= 0.3 is 5.97 Å². The van der Waals surface area contributed by atoms with Gasteiger partial charge in [0.15, 0.2) is 23.3 Å². The van der Waals surface area contributed by atoms with E-state index in [4.69, 9.17) is 0 Å². The van der Waals surface area contributed by atoms with Gasteiger partial charge in [0.1, 0.15) is 11.7 Å². The fourth-order valence-electron chi connectivity index (χ4n) is 1.31. The summed E-state index contributed by atoms with van der Waals surface area (Å²) in [5.41, 5.74) is -1.60. The first kappa shape index (κ1) is 15.1. The van der Waals surface area contributed by atoms with Crippen LogP contribution in [0.1, 0.15) is 23.7 Å². The van der Waals surface area contributed by atoms with E-state index >= 15 is 0 Å². The average molecular weight is 280 g/mol. The van der Waals surface area contributed by atoms with E-state index in [1.165, 1.54) is 13.0 Å². The number of benzene rings is 1. The molecule has 1 aromatic carbocycles. The van der Waals surface area contributed by atoms with Crippen LogP contribution in [0.15, 0.2) is 12.7 Å². The van der Waals surface area contributed by atoms with Gasteiger partial charge in [-0.2, -0.15) is 0 Å². The van der Waals surface area contributed by atoms with E-state index < -0.39 is 46.7 Å². The smallest absolute Gasteiger partial charge is 0.344 e. The molecule has 0 aliphatic rings. The van der Waals surface area contributed by atoms with Crippen molar-refractivity contribution in [2.45, 2.75) is 19.4 Å². The molecule has 0 heterocycles. The SMILES string of the molecule is C=CCC(C)OC(=O)c1c(F)c(F)c(F)c(F)c1F. The monoisotopic (exact) mass is 280 g/mol. The fourth-order valence-corrected chi connectivity index (χ4v) is 1.31. The summed E-state index contributed by atoms with van der Waals surface area (Å²) in [5.74, 6) is -12.8. The summed E-state index contributed by atoms with van der Waals surface area (Å²) in [6.07, 6.45) is 0.734. The van der Waals surface area contributed by atoms with Crippen molar-refractivity contribution in [2.75, 3.05) is 0 Å². The van der Waals surface area contributed by atoms with Gasteiger partial charge in [-0.15, -0.1) is 6.58 Å². The van der Waals surface area contributed by atoms with E-state index in [0.29, 0.717) is 0 Å². The predicted octanol–water partition coefficient (Wildman–Crippen LogP) is 3.50. The third-order valence-electron chi connectivity index (χ3n) is 2.22. The standard InChI is InChI=1S/C12H9F5O2/c1-3-4-5(2)19-12(18)6-7(13)9(15)11(17)10(16)8(6)14/h3,5H,1,4H2,2H3. The lowest BCUT2D eigenvalue weighted by molar-refractivity contribution is 0.0333. The van der Waals surface area contributed by atoms with E-state index in [1.807, 2.05) is 0 Å². The number of carbonyl (C=O) groups is 1. The molecule has 0 saturated carbocycles. The molecule has 2 nitrogen and oxygen atoms in total. The first-order valence-electron chi connectivity index (χ1n) is 5.14. The molecule has 1 unspecified atom stereocenters. The Morgan fingerprint density at radius 2 is 1.53 bits per heavy atom. The molecule has 0 N–H and O–H groups in total. The summed E-state index contributed by atoms with van der Waals surface area (Å²) in [6, 6.07) is 0. The highest BCUT2D eigenvalue weighted by atomic mass is 19.2. The molecular formula is C12H9F5O2. The predicted molar refractivity (Wildman–Crippen MR) is 55.9 cm³/mol. The van der Waals surface area contributed by atoms with Gasteiger partial charge in [0.05, 0.1) is 0 Å². The summed E-state index contributed by atoms with van der Waals surface area (Å²) >= 11 is 0. The molecule has 0 bridgehead atoms. The van der Waals surface area contributed by atoms with Crippen LogP contribution in [0.4, 0.5) is 22.0 Å². The molecule has 0 spiro atoms. The van der Waals surface area contributed by atoms with Crippen LogP contribution < -0.4 is 0 Å². The van der Waals surface area contributed by atoms with Crippen LogP contribution in [0.3, 0.4) is 0 Å². The van der Waals surface area contributed by atoms with Crippen LogP contribution in [0.5, 0.6) is 0 Å².